The van der Waals surface area contributed by atoms with Gasteiger partial charge in [-0.25, -0.2) is 17.6 Å². The number of hydrogen-bond acceptors (Lipinski definition) is 4. The largest absolute Gasteiger partial charge is 0.352 e. The number of allylic oxidation sites excluding steroid dienone is 1. The minimum Gasteiger partial charge on any atom is -0.352 e. The van der Waals surface area contributed by atoms with Gasteiger partial charge < -0.3 is 15.5 Å². The lowest BCUT2D eigenvalue weighted by Crippen LogP contribution is -2.43. The van der Waals surface area contributed by atoms with Gasteiger partial charge in [-0.2, -0.15) is 5.26 Å². The average molecular weight is 559 g/mol. The van der Waals surface area contributed by atoms with Crippen molar-refractivity contribution >= 4 is 11.8 Å². The summed E-state index contributed by atoms with van der Waals surface area (Å²) in [6.07, 6.45) is 1.35. The zero-order valence-corrected chi connectivity index (χ0v) is 22.9. The molecule has 40 heavy (non-hydrogen) atoms. The summed E-state index contributed by atoms with van der Waals surface area (Å²) in [5, 5.41) is 15.3. The quantitative estimate of drug-likeness (QED) is 0.361. The van der Waals surface area contributed by atoms with E-state index < -0.39 is 40.5 Å². The molecule has 2 aliphatic rings. The first kappa shape index (κ1) is 30.8. The summed E-state index contributed by atoms with van der Waals surface area (Å²) in [5.41, 5.74) is 0.216. The van der Waals surface area contributed by atoms with Crippen LogP contribution in [0.2, 0.25) is 0 Å². The van der Waals surface area contributed by atoms with Gasteiger partial charge in [0.15, 0.2) is 11.6 Å². The number of nitrogens with zero attached hydrogens (tertiary/aromatic N) is 2. The topological polar surface area (TPSA) is 85.2 Å². The number of carbonyl (C=O) groups is 2. The molecule has 0 aliphatic carbocycles. The maximum absolute atomic E-state index is 14.4. The summed E-state index contributed by atoms with van der Waals surface area (Å²) in [6, 6.07) is 8.91. The molecular formula is C30H34F4N4O2. The van der Waals surface area contributed by atoms with Gasteiger partial charge in [0.05, 0.1) is 11.5 Å². The molecule has 6 nitrogen and oxygen atoms in total. The lowest BCUT2D eigenvalue weighted by atomic mass is 9.73. The SMILES string of the molecule is CC.CC1=C(C(=O)NCCCN2CCC(C#N)(c3ccc(F)cc3F)CC2)[C@@H](c2ccc(F)c(F)c2)CC(=O)N1. The van der Waals surface area contributed by atoms with Gasteiger partial charge in [-0.15, -0.1) is 0 Å². The van der Waals surface area contributed by atoms with Gasteiger partial charge in [0.25, 0.3) is 0 Å². The van der Waals surface area contributed by atoms with Crippen LogP contribution in [0, 0.1) is 34.6 Å². The first-order chi connectivity index (χ1) is 19.1. The molecule has 1 atom stereocenters. The normalized spacial score (nSPS) is 18.8. The highest BCUT2D eigenvalue weighted by Crippen LogP contribution is 2.37. The van der Waals surface area contributed by atoms with Crippen molar-refractivity contribution < 1.29 is 27.2 Å². The molecular weight excluding hydrogens is 524 g/mol. The van der Waals surface area contributed by atoms with E-state index in [1.54, 1.807) is 6.92 Å². The second-order valence-electron chi connectivity index (χ2n) is 9.79. The Kier molecular flexibility index (Phi) is 10.5. The molecule has 2 aromatic rings. The molecule has 0 radical (unpaired) electrons. The van der Waals surface area contributed by atoms with Crippen molar-refractivity contribution in [2.75, 3.05) is 26.2 Å². The summed E-state index contributed by atoms with van der Waals surface area (Å²) in [4.78, 5) is 27.3. The Labute approximate surface area is 232 Å². The van der Waals surface area contributed by atoms with Gasteiger partial charge in [-0.05, 0) is 69.6 Å². The molecule has 0 aromatic heterocycles. The molecule has 2 heterocycles. The number of nitriles is 1. The van der Waals surface area contributed by atoms with E-state index in [0.29, 0.717) is 62.3 Å². The smallest absolute Gasteiger partial charge is 0.249 e. The van der Waals surface area contributed by atoms with Crippen LogP contribution in [0.1, 0.15) is 63.5 Å². The van der Waals surface area contributed by atoms with Crippen LogP contribution in [0.5, 0.6) is 0 Å². The Balaban J connectivity index is 0.00000216. The molecule has 2 N–H and O–H groups in total. The third kappa shape index (κ3) is 6.89. The Morgan fingerprint density at radius 3 is 2.40 bits per heavy atom. The molecule has 1 fully saturated rings. The number of piperidine rings is 1. The van der Waals surface area contributed by atoms with Crippen LogP contribution in [-0.2, 0) is 15.0 Å². The van der Waals surface area contributed by atoms with E-state index in [0.717, 1.165) is 18.2 Å². The Hall–Kier alpha value is -3.71. The zero-order valence-electron chi connectivity index (χ0n) is 22.9. The molecule has 2 amide bonds. The fourth-order valence-corrected chi connectivity index (χ4v) is 5.30. The number of benzene rings is 2. The molecule has 0 saturated carbocycles. The molecule has 0 bridgehead atoms. The first-order valence-electron chi connectivity index (χ1n) is 13.5. The highest BCUT2D eigenvalue weighted by atomic mass is 19.2. The fourth-order valence-electron chi connectivity index (χ4n) is 5.30. The summed E-state index contributed by atoms with van der Waals surface area (Å²) in [6.45, 7) is 7.66. The van der Waals surface area contributed by atoms with Crippen LogP contribution in [0.3, 0.4) is 0 Å². The van der Waals surface area contributed by atoms with Crippen molar-refractivity contribution in [1.29, 1.82) is 5.26 Å². The highest BCUT2D eigenvalue weighted by Gasteiger charge is 2.38. The summed E-state index contributed by atoms with van der Waals surface area (Å²) in [5.74, 6) is -4.86. The van der Waals surface area contributed by atoms with Crippen molar-refractivity contribution in [3.8, 4) is 6.07 Å². The lowest BCUT2D eigenvalue weighted by Gasteiger charge is -2.37. The number of nitrogens with one attached hydrogen (secondary N) is 2. The fraction of sp³-hybridized carbons (Fsp3) is 0.433. The molecule has 2 aromatic carbocycles. The monoisotopic (exact) mass is 558 g/mol. The number of amides is 2. The van der Waals surface area contributed by atoms with Crippen LogP contribution < -0.4 is 10.6 Å². The zero-order chi connectivity index (χ0) is 29.4. The van der Waals surface area contributed by atoms with E-state index in [9.17, 15) is 32.4 Å². The molecule has 4 rings (SSSR count). The highest BCUT2D eigenvalue weighted by molar-refractivity contribution is 5.99. The van der Waals surface area contributed by atoms with Gasteiger partial charge >= 0.3 is 0 Å². The van der Waals surface area contributed by atoms with E-state index in [-0.39, 0.29) is 17.9 Å². The van der Waals surface area contributed by atoms with Crippen LogP contribution in [0.15, 0.2) is 47.7 Å². The van der Waals surface area contributed by atoms with Crippen molar-refractivity contribution in [2.45, 2.75) is 57.8 Å². The molecule has 2 aliphatic heterocycles. The Morgan fingerprint density at radius 1 is 1.07 bits per heavy atom. The summed E-state index contributed by atoms with van der Waals surface area (Å²) < 4.78 is 54.9. The lowest BCUT2D eigenvalue weighted by molar-refractivity contribution is -0.121. The Morgan fingerprint density at radius 2 is 1.77 bits per heavy atom. The molecule has 214 valence electrons. The van der Waals surface area contributed by atoms with Gasteiger partial charge in [0.2, 0.25) is 11.8 Å². The first-order valence-corrected chi connectivity index (χ1v) is 13.5. The van der Waals surface area contributed by atoms with Gasteiger partial charge in [0, 0.05) is 41.8 Å². The van der Waals surface area contributed by atoms with Crippen LogP contribution in [0.25, 0.3) is 0 Å². The van der Waals surface area contributed by atoms with E-state index >= 15 is 0 Å². The maximum Gasteiger partial charge on any atom is 0.249 e. The van der Waals surface area contributed by atoms with Crippen molar-refractivity contribution in [3.05, 3.63) is 82.1 Å². The van der Waals surface area contributed by atoms with Gasteiger partial charge in [-0.3, -0.25) is 9.59 Å². The second-order valence-corrected chi connectivity index (χ2v) is 9.79. The minimum absolute atomic E-state index is 0.0613. The number of likely N-dealkylation sites (tertiary alicyclic amines) is 1. The van der Waals surface area contributed by atoms with E-state index in [1.165, 1.54) is 18.2 Å². The van der Waals surface area contributed by atoms with Gasteiger partial charge in [-0.1, -0.05) is 26.0 Å². The van der Waals surface area contributed by atoms with Gasteiger partial charge in [0.1, 0.15) is 11.6 Å². The standard InChI is InChI=1S/C28H28F4N4O2.C2H6/c1-17-26(20(15-25(37)35-17)18-3-6-22(30)24(32)13-18)27(38)34-9-2-10-36-11-7-28(16-33,8-12-36)21-5-4-19(29)14-23(21)31;1-2/h3-6,13-14,20H,2,7-12,15H2,1H3,(H,34,38)(H,35,37);1-2H3/t20-;/m1./s1. The number of halogens is 4. The Bertz CT molecular complexity index is 1310. The van der Waals surface area contributed by atoms with E-state index in [2.05, 4.69) is 21.6 Å². The second kappa shape index (κ2) is 13.6. The number of carbonyl (C=O) groups excluding carboxylic acids is 2. The molecule has 1 saturated heterocycles. The molecule has 0 unspecified atom stereocenters. The molecule has 0 spiro atoms. The predicted octanol–water partition coefficient (Wildman–Crippen LogP) is 5.21. The summed E-state index contributed by atoms with van der Waals surface area (Å²) in [7, 11) is 0. The van der Waals surface area contributed by atoms with Crippen molar-refractivity contribution in [2.24, 2.45) is 0 Å². The number of hydrogen-bond donors (Lipinski definition) is 2. The third-order valence-electron chi connectivity index (χ3n) is 7.37. The van der Waals surface area contributed by atoms with Crippen molar-refractivity contribution in [1.82, 2.24) is 15.5 Å². The van der Waals surface area contributed by atoms with Crippen LogP contribution in [0.4, 0.5) is 17.6 Å². The third-order valence-corrected chi connectivity index (χ3v) is 7.37. The van der Waals surface area contributed by atoms with Crippen LogP contribution in [-0.4, -0.2) is 42.9 Å². The van der Waals surface area contributed by atoms with E-state index in [1.807, 2.05) is 13.8 Å². The number of rotatable bonds is 7. The summed E-state index contributed by atoms with van der Waals surface area (Å²) >= 11 is 0. The maximum atomic E-state index is 14.4. The molecule has 10 heteroatoms. The average Bonchev–Trinajstić information content (AvgIpc) is 2.93. The minimum atomic E-state index is -1.05. The predicted molar refractivity (Wildman–Crippen MR) is 143 cm³/mol. The van der Waals surface area contributed by atoms with E-state index in [4.69, 9.17) is 0 Å². The van der Waals surface area contributed by atoms with Crippen LogP contribution >= 0.6 is 0 Å². The van der Waals surface area contributed by atoms with Crippen molar-refractivity contribution in [3.63, 3.8) is 0 Å².